The van der Waals surface area contributed by atoms with Crippen LogP contribution < -0.4 is 10.6 Å². The highest BCUT2D eigenvalue weighted by atomic mass is 35.5. The first kappa shape index (κ1) is 27.4. The number of likely N-dealkylation sites (N-methyl/N-ethyl adjacent to an activating group) is 1. The lowest BCUT2D eigenvalue weighted by atomic mass is 9.84. The summed E-state index contributed by atoms with van der Waals surface area (Å²) in [7, 11) is 2.17. The molecule has 0 aliphatic carbocycles. The molecule has 2 unspecified atom stereocenters. The molecule has 8 heteroatoms. The summed E-state index contributed by atoms with van der Waals surface area (Å²) in [5.41, 5.74) is 0. The van der Waals surface area contributed by atoms with Gasteiger partial charge < -0.3 is 15.5 Å². The summed E-state index contributed by atoms with van der Waals surface area (Å²) in [5.74, 6) is 1.44. The normalized spacial score (nSPS) is 21.9. The minimum atomic E-state index is 0. The summed E-state index contributed by atoms with van der Waals surface area (Å²) in [5, 5.41) is 6.59. The number of rotatable bonds is 6. The molecule has 0 aromatic rings. The summed E-state index contributed by atoms with van der Waals surface area (Å²) >= 11 is 0. The number of piperazine rings is 1. The van der Waals surface area contributed by atoms with Gasteiger partial charge in [-0.05, 0) is 51.7 Å². The highest BCUT2D eigenvalue weighted by molar-refractivity contribution is 5.86. The molecule has 2 fully saturated rings. The number of halogens is 3. The number of nitrogens with zero attached hydrogens (tertiary/aromatic N) is 2. The zero-order valence-electron chi connectivity index (χ0n) is 15.8. The van der Waals surface area contributed by atoms with Crippen LogP contribution in [0.25, 0.3) is 0 Å². The molecule has 2 heterocycles. The van der Waals surface area contributed by atoms with Crippen molar-refractivity contribution in [2.75, 3.05) is 52.9 Å². The third kappa shape index (κ3) is 10.2. The number of carbonyl (C=O) groups is 1. The first-order chi connectivity index (χ1) is 10.5. The average Bonchev–Trinajstić information content (AvgIpc) is 2.50. The van der Waals surface area contributed by atoms with Crippen molar-refractivity contribution in [2.24, 2.45) is 11.8 Å². The van der Waals surface area contributed by atoms with E-state index in [4.69, 9.17) is 0 Å². The Morgan fingerprint density at radius 2 is 1.64 bits per heavy atom. The van der Waals surface area contributed by atoms with Gasteiger partial charge in [0, 0.05) is 45.2 Å². The molecule has 0 aromatic heterocycles. The Labute approximate surface area is 172 Å². The molecule has 25 heavy (non-hydrogen) atoms. The van der Waals surface area contributed by atoms with E-state index in [0.717, 1.165) is 45.8 Å². The van der Waals surface area contributed by atoms with Crippen LogP contribution in [0.2, 0.25) is 0 Å². The molecule has 1 amide bonds. The van der Waals surface area contributed by atoms with E-state index in [2.05, 4.69) is 41.3 Å². The van der Waals surface area contributed by atoms with E-state index in [-0.39, 0.29) is 49.2 Å². The summed E-state index contributed by atoms with van der Waals surface area (Å²) in [4.78, 5) is 17.1. The summed E-state index contributed by atoms with van der Waals surface area (Å²) in [6.45, 7) is 12.0. The number of piperidine rings is 1. The van der Waals surface area contributed by atoms with E-state index in [0.29, 0.717) is 18.3 Å². The Morgan fingerprint density at radius 3 is 2.20 bits per heavy atom. The monoisotopic (exact) mass is 418 g/mol. The Kier molecular flexibility index (Phi) is 15.7. The van der Waals surface area contributed by atoms with Crippen molar-refractivity contribution in [1.82, 2.24) is 20.4 Å². The fourth-order valence-electron chi connectivity index (χ4n) is 3.67. The zero-order chi connectivity index (χ0) is 15.9. The first-order valence-corrected chi connectivity index (χ1v) is 8.95. The van der Waals surface area contributed by atoms with Crippen LogP contribution in [0, 0.1) is 11.8 Å². The van der Waals surface area contributed by atoms with Gasteiger partial charge in [0.2, 0.25) is 5.91 Å². The molecule has 2 N–H and O–H groups in total. The summed E-state index contributed by atoms with van der Waals surface area (Å²) in [6.07, 6.45) is 3.11. The molecule has 0 spiro atoms. The van der Waals surface area contributed by atoms with Crippen molar-refractivity contribution in [1.29, 1.82) is 0 Å². The van der Waals surface area contributed by atoms with Gasteiger partial charge in [-0.25, -0.2) is 0 Å². The molecule has 2 saturated heterocycles. The maximum atomic E-state index is 12.2. The predicted octanol–water partition coefficient (Wildman–Crippen LogP) is 2.03. The number of carbonyl (C=O) groups excluding carboxylic acids is 1. The molecule has 5 nitrogen and oxygen atoms in total. The molecular formula is C17H37Cl3N4O. The van der Waals surface area contributed by atoms with Crippen LogP contribution in [0.3, 0.4) is 0 Å². The van der Waals surface area contributed by atoms with Crippen LogP contribution in [0.5, 0.6) is 0 Å². The number of amides is 1. The van der Waals surface area contributed by atoms with Gasteiger partial charge in [-0.1, -0.05) is 6.92 Å². The minimum absolute atomic E-state index is 0. The fourth-order valence-corrected chi connectivity index (χ4v) is 3.67. The highest BCUT2D eigenvalue weighted by Gasteiger charge is 2.23. The van der Waals surface area contributed by atoms with Crippen LogP contribution in [0.1, 0.15) is 33.1 Å². The van der Waals surface area contributed by atoms with Crippen LogP contribution in [0.15, 0.2) is 0 Å². The summed E-state index contributed by atoms with van der Waals surface area (Å²) in [6, 6.07) is 0.246. The van der Waals surface area contributed by atoms with E-state index in [9.17, 15) is 4.79 Å². The lowest BCUT2D eigenvalue weighted by Crippen LogP contribution is -2.49. The van der Waals surface area contributed by atoms with Crippen LogP contribution in [-0.4, -0.2) is 74.6 Å². The minimum Gasteiger partial charge on any atom is -0.352 e. The standard InChI is InChI=1S/C17H34N4O.3ClH/c1-14(16-4-6-18-7-5-16)12-17(22)19-15(2)13-21-10-8-20(3)9-11-21;;;/h14-16,18H,4-13H2,1-3H3,(H,19,22);3*1H. The maximum Gasteiger partial charge on any atom is 0.220 e. The van der Waals surface area contributed by atoms with Gasteiger partial charge in [-0.3, -0.25) is 9.69 Å². The van der Waals surface area contributed by atoms with Crippen molar-refractivity contribution in [2.45, 2.75) is 39.2 Å². The van der Waals surface area contributed by atoms with E-state index >= 15 is 0 Å². The Hall–Kier alpha value is 0.220. The van der Waals surface area contributed by atoms with Gasteiger partial charge in [-0.15, -0.1) is 37.2 Å². The number of nitrogens with one attached hydrogen (secondary N) is 2. The third-order valence-corrected chi connectivity index (χ3v) is 5.23. The van der Waals surface area contributed by atoms with E-state index in [1.165, 1.54) is 12.8 Å². The van der Waals surface area contributed by atoms with Crippen molar-refractivity contribution in [3.05, 3.63) is 0 Å². The second-order valence-corrected chi connectivity index (χ2v) is 7.34. The summed E-state index contributed by atoms with van der Waals surface area (Å²) < 4.78 is 0. The molecule has 0 aromatic carbocycles. The Bertz CT molecular complexity index is 349. The van der Waals surface area contributed by atoms with E-state index in [1.807, 2.05) is 0 Å². The highest BCUT2D eigenvalue weighted by Crippen LogP contribution is 2.24. The Morgan fingerprint density at radius 1 is 1.08 bits per heavy atom. The number of hydrogen-bond acceptors (Lipinski definition) is 4. The van der Waals surface area contributed by atoms with E-state index in [1.54, 1.807) is 0 Å². The maximum absolute atomic E-state index is 12.2. The van der Waals surface area contributed by atoms with Crippen molar-refractivity contribution in [3.63, 3.8) is 0 Å². The molecular weight excluding hydrogens is 383 g/mol. The van der Waals surface area contributed by atoms with E-state index < -0.39 is 0 Å². The second-order valence-electron chi connectivity index (χ2n) is 7.34. The molecule has 0 bridgehead atoms. The van der Waals surface area contributed by atoms with Crippen LogP contribution in [-0.2, 0) is 4.79 Å². The van der Waals surface area contributed by atoms with Crippen molar-refractivity contribution < 1.29 is 4.79 Å². The quantitative estimate of drug-likeness (QED) is 0.691. The van der Waals surface area contributed by atoms with Gasteiger partial charge in [0.25, 0.3) is 0 Å². The van der Waals surface area contributed by atoms with Gasteiger partial charge in [-0.2, -0.15) is 0 Å². The largest absolute Gasteiger partial charge is 0.352 e. The molecule has 0 saturated carbocycles. The fraction of sp³-hybridized carbons (Fsp3) is 0.941. The van der Waals surface area contributed by atoms with Gasteiger partial charge in [0.05, 0.1) is 0 Å². The molecule has 0 radical (unpaired) electrons. The lowest BCUT2D eigenvalue weighted by molar-refractivity contribution is -0.123. The van der Waals surface area contributed by atoms with Crippen LogP contribution >= 0.6 is 37.2 Å². The van der Waals surface area contributed by atoms with Gasteiger partial charge in [0.1, 0.15) is 0 Å². The molecule has 2 aliphatic heterocycles. The molecule has 152 valence electrons. The average molecular weight is 420 g/mol. The second kappa shape index (κ2) is 14.3. The topological polar surface area (TPSA) is 47.6 Å². The molecule has 2 atom stereocenters. The Balaban J connectivity index is 0. The van der Waals surface area contributed by atoms with Crippen molar-refractivity contribution in [3.8, 4) is 0 Å². The van der Waals surface area contributed by atoms with Gasteiger partial charge >= 0.3 is 0 Å². The van der Waals surface area contributed by atoms with Crippen LogP contribution in [0.4, 0.5) is 0 Å². The van der Waals surface area contributed by atoms with Gasteiger partial charge in [0.15, 0.2) is 0 Å². The molecule has 2 aliphatic rings. The predicted molar refractivity (Wildman–Crippen MR) is 113 cm³/mol. The SMILES string of the molecule is CC(CN1CCN(C)CC1)NC(=O)CC(C)C1CCNCC1.Cl.Cl.Cl. The third-order valence-electron chi connectivity index (χ3n) is 5.23. The molecule has 2 rings (SSSR count). The van der Waals surface area contributed by atoms with Crippen molar-refractivity contribution >= 4 is 43.1 Å². The smallest absolute Gasteiger partial charge is 0.220 e. The zero-order valence-corrected chi connectivity index (χ0v) is 18.3. The lowest BCUT2D eigenvalue weighted by Gasteiger charge is -2.34. The first-order valence-electron chi connectivity index (χ1n) is 8.95. The number of hydrogen-bond donors (Lipinski definition) is 2.